The molecule has 4 nitrogen and oxygen atoms in total. The van der Waals surface area contributed by atoms with Crippen LogP contribution in [-0.2, 0) is 4.79 Å². The Morgan fingerprint density at radius 1 is 1.16 bits per heavy atom. The number of rotatable bonds is 8. The molecule has 0 aliphatic carbocycles. The van der Waals surface area contributed by atoms with Gasteiger partial charge in [0.05, 0.1) is 18.2 Å². The van der Waals surface area contributed by atoms with Gasteiger partial charge in [-0.2, -0.15) is 0 Å². The third-order valence-electron chi connectivity index (χ3n) is 3.80. The van der Waals surface area contributed by atoms with Crippen molar-refractivity contribution in [2.24, 2.45) is 0 Å². The van der Waals surface area contributed by atoms with Crippen molar-refractivity contribution in [1.29, 1.82) is 0 Å². The molecule has 0 bridgehead atoms. The van der Waals surface area contributed by atoms with E-state index in [4.69, 9.17) is 9.47 Å². The number of ether oxygens (including phenoxy) is 2. The molecule has 1 N–H and O–H groups in total. The zero-order chi connectivity index (χ0) is 18.2. The maximum atomic E-state index is 12.0. The minimum atomic E-state index is -0.0250. The summed E-state index contributed by atoms with van der Waals surface area (Å²) in [6, 6.07) is 13.4. The molecule has 5 heteroatoms. The molecule has 2 aromatic carbocycles. The number of benzene rings is 2. The molecule has 0 saturated carbocycles. The normalized spacial score (nSPS) is 10.6. The van der Waals surface area contributed by atoms with E-state index in [2.05, 4.69) is 47.2 Å². The van der Waals surface area contributed by atoms with Crippen LogP contribution in [0.5, 0.6) is 11.5 Å². The maximum absolute atomic E-state index is 12.0. The monoisotopic (exact) mass is 405 g/mol. The van der Waals surface area contributed by atoms with Crippen molar-refractivity contribution >= 4 is 27.5 Å². The summed E-state index contributed by atoms with van der Waals surface area (Å²) in [5, 5.41) is 2.86. The van der Waals surface area contributed by atoms with E-state index in [9.17, 15) is 4.79 Å². The number of carbonyl (C=O) groups is 1. The molecule has 0 spiro atoms. The lowest BCUT2D eigenvalue weighted by Crippen LogP contribution is -2.12. The first kappa shape index (κ1) is 19.3. The third-order valence-corrected chi connectivity index (χ3v) is 4.42. The fraction of sp³-hybridized carbons (Fsp3) is 0.350. The van der Waals surface area contributed by atoms with Gasteiger partial charge in [0, 0.05) is 12.1 Å². The zero-order valence-electron chi connectivity index (χ0n) is 14.8. The van der Waals surface area contributed by atoms with Crippen LogP contribution in [0.4, 0.5) is 5.69 Å². The molecule has 0 aliphatic heterocycles. The number of methoxy groups -OCH3 is 1. The lowest BCUT2D eigenvalue weighted by molar-refractivity contribution is -0.116. The Kier molecular flexibility index (Phi) is 7.31. The van der Waals surface area contributed by atoms with E-state index >= 15 is 0 Å². The van der Waals surface area contributed by atoms with Crippen molar-refractivity contribution in [2.75, 3.05) is 19.0 Å². The summed E-state index contributed by atoms with van der Waals surface area (Å²) >= 11 is 3.54. The van der Waals surface area contributed by atoms with Crippen LogP contribution in [0.1, 0.15) is 38.2 Å². The van der Waals surface area contributed by atoms with Gasteiger partial charge in [-0.15, -0.1) is 0 Å². The lowest BCUT2D eigenvalue weighted by atomic mass is 10.0. The van der Waals surface area contributed by atoms with E-state index < -0.39 is 0 Å². The highest BCUT2D eigenvalue weighted by atomic mass is 79.9. The number of hydrogen-bond acceptors (Lipinski definition) is 3. The highest BCUT2D eigenvalue weighted by molar-refractivity contribution is 9.10. The summed E-state index contributed by atoms with van der Waals surface area (Å²) in [6.45, 7) is 4.81. The Hall–Kier alpha value is -2.01. The van der Waals surface area contributed by atoms with Gasteiger partial charge in [-0.25, -0.2) is 0 Å². The molecule has 25 heavy (non-hydrogen) atoms. The van der Waals surface area contributed by atoms with Crippen molar-refractivity contribution in [3.05, 3.63) is 52.5 Å². The van der Waals surface area contributed by atoms with Crippen LogP contribution >= 0.6 is 15.9 Å². The van der Waals surface area contributed by atoms with E-state index in [0.717, 1.165) is 21.7 Å². The maximum Gasteiger partial charge on any atom is 0.224 e. The predicted molar refractivity (Wildman–Crippen MR) is 105 cm³/mol. The standard InChI is InChI=1S/C20H24BrNO3/c1-14(2)15-6-11-19(18(21)13-15)25-12-4-5-20(23)22-16-7-9-17(24-3)10-8-16/h6-11,13-14H,4-5,12H2,1-3H3,(H,22,23). The van der Waals surface area contributed by atoms with Crippen LogP contribution in [0.25, 0.3) is 0 Å². The Labute approximate surface area is 157 Å². The van der Waals surface area contributed by atoms with Crippen LogP contribution in [0, 0.1) is 0 Å². The molecule has 2 aromatic rings. The quantitative estimate of drug-likeness (QED) is 0.599. The number of amides is 1. The molecule has 0 aliphatic rings. The molecule has 134 valence electrons. The van der Waals surface area contributed by atoms with Crippen LogP contribution < -0.4 is 14.8 Å². The van der Waals surface area contributed by atoms with Crippen molar-refractivity contribution in [2.45, 2.75) is 32.6 Å². The second kappa shape index (κ2) is 9.47. The summed E-state index contributed by atoms with van der Waals surface area (Å²) in [4.78, 5) is 12.0. The second-order valence-corrected chi connectivity index (χ2v) is 6.93. The predicted octanol–water partition coefficient (Wildman–Crippen LogP) is 5.38. The highest BCUT2D eigenvalue weighted by Crippen LogP contribution is 2.29. The average Bonchev–Trinajstić information content (AvgIpc) is 2.60. The average molecular weight is 406 g/mol. The minimum absolute atomic E-state index is 0.0250. The van der Waals surface area contributed by atoms with Gasteiger partial charge >= 0.3 is 0 Å². The number of hydrogen-bond donors (Lipinski definition) is 1. The molecule has 0 radical (unpaired) electrons. The molecule has 0 heterocycles. The van der Waals surface area contributed by atoms with Crippen molar-refractivity contribution in [1.82, 2.24) is 0 Å². The fourth-order valence-corrected chi connectivity index (χ4v) is 2.82. The molecular formula is C20H24BrNO3. The smallest absolute Gasteiger partial charge is 0.224 e. The number of halogens is 1. The van der Waals surface area contributed by atoms with E-state index in [-0.39, 0.29) is 5.91 Å². The Bertz CT molecular complexity index is 699. The number of carbonyl (C=O) groups excluding carboxylic acids is 1. The zero-order valence-corrected chi connectivity index (χ0v) is 16.4. The van der Waals surface area contributed by atoms with Gasteiger partial charge in [-0.1, -0.05) is 19.9 Å². The van der Waals surface area contributed by atoms with Crippen molar-refractivity contribution in [3.8, 4) is 11.5 Å². The SMILES string of the molecule is COc1ccc(NC(=O)CCCOc2ccc(C(C)C)cc2Br)cc1. The Morgan fingerprint density at radius 2 is 1.88 bits per heavy atom. The summed E-state index contributed by atoms with van der Waals surface area (Å²) in [5.74, 6) is 2.02. The first-order chi connectivity index (χ1) is 12.0. The summed E-state index contributed by atoms with van der Waals surface area (Å²) < 4.78 is 11.8. The van der Waals surface area contributed by atoms with Crippen LogP contribution in [0.2, 0.25) is 0 Å². The minimum Gasteiger partial charge on any atom is -0.497 e. The second-order valence-electron chi connectivity index (χ2n) is 6.07. The van der Waals surface area contributed by atoms with Crippen LogP contribution in [-0.4, -0.2) is 19.6 Å². The van der Waals surface area contributed by atoms with Gasteiger partial charge in [0.15, 0.2) is 0 Å². The number of anilines is 1. The molecule has 0 fully saturated rings. The molecule has 2 rings (SSSR count). The lowest BCUT2D eigenvalue weighted by Gasteiger charge is -2.11. The first-order valence-electron chi connectivity index (χ1n) is 8.35. The molecular weight excluding hydrogens is 382 g/mol. The van der Waals surface area contributed by atoms with Gasteiger partial charge < -0.3 is 14.8 Å². The van der Waals surface area contributed by atoms with Gasteiger partial charge in [-0.05, 0) is 70.2 Å². The van der Waals surface area contributed by atoms with Crippen molar-refractivity contribution < 1.29 is 14.3 Å². The van der Waals surface area contributed by atoms with Crippen LogP contribution in [0.15, 0.2) is 46.9 Å². The van der Waals surface area contributed by atoms with E-state index in [1.807, 2.05) is 30.3 Å². The first-order valence-corrected chi connectivity index (χ1v) is 9.15. The van der Waals surface area contributed by atoms with Gasteiger partial charge in [-0.3, -0.25) is 4.79 Å². The summed E-state index contributed by atoms with van der Waals surface area (Å²) in [7, 11) is 1.61. The summed E-state index contributed by atoms with van der Waals surface area (Å²) in [6.07, 6.45) is 1.06. The topological polar surface area (TPSA) is 47.6 Å². The van der Waals surface area contributed by atoms with Gasteiger partial charge in [0.1, 0.15) is 11.5 Å². The third kappa shape index (κ3) is 6.09. The van der Waals surface area contributed by atoms with Gasteiger partial charge in [0.25, 0.3) is 0 Å². The van der Waals surface area contributed by atoms with E-state index in [1.165, 1.54) is 5.56 Å². The van der Waals surface area contributed by atoms with Crippen molar-refractivity contribution in [3.63, 3.8) is 0 Å². The van der Waals surface area contributed by atoms with E-state index in [0.29, 0.717) is 25.4 Å². The van der Waals surface area contributed by atoms with E-state index in [1.54, 1.807) is 7.11 Å². The largest absolute Gasteiger partial charge is 0.497 e. The number of nitrogens with one attached hydrogen (secondary N) is 1. The molecule has 0 unspecified atom stereocenters. The fourth-order valence-electron chi connectivity index (χ4n) is 2.31. The molecule has 1 amide bonds. The highest BCUT2D eigenvalue weighted by Gasteiger charge is 2.07. The molecule has 0 atom stereocenters. The Balaban J connectivity index is 1.74. The molecule has 0 aromatic heterocycles. The summed E-state index contributed by atoms with van der Waals surface area (Å²) in [5.41, 5.74) is 2.02. The van der Waals surface area contributed by atoms with Gasteiger partial charge in [0.2, 0.25) is 5.91 Å². The van der Waals surface area contributed by atoms with Crippen LogP contribution in [0.3, 0.4) is 0 Å². The Morgan fingerprint density at radius 3 is 2.48 bits per heavy atom. The molecule has 0 saturated heterocycles.